The maximum atomic E-state index is 12.7. The summed E-state index contributed by atoms with van der Waals surface area (Å²) < 4.78 is 16.5. The molecule has 0 saturated carbocycles. The van der Waals surface area contributed by atoms with Crippen molar-refractivity contribution in [2.24, 2.45) is 0 Å². The van der Waals surface area contributed by atoms with E-state index in [0.29, 0.717) is 31.2 Å². The van der Waals surface area contributed by atoms with Gasteiger partial charge in [-0.05, 0) is 54.4 Å². The molecule has 2 aliphatic heterocycles. The highest BCUT2D eigenvalue weighted by Crippen LogP contribution is 2.36. The first-order valence-electron chi connectivity index (χ1n) is 11.8. The highest BCUT2D eigenvalue weighted by atomic mass is 16.6. The fraction of sp³-hybridized carbons (Fsp3) is 0.773. The van der Waals surface area contributed by atoms with Gasteiger partial charge in [-0.25, -0.2) is 19.4 Å². The van der Waals surface area contributed by atoms with E-state index in [1.54, 1.807) is 41.5 Å². The van der Waals surface area contributed by atoms with Gasteiger partial charge in [-0.15, -0.1) is 10.2 Å². The minimum Gasteiger partial charge on any atom is -0.444 e. The Balaban J connectivity index is 1.58. The zero-order valence-electron chi connectivity index (χ0n) is 21.2. The molecule has 4 amide bonds. The Kier molecular flexibility index (Phi) is 7.77. The number of alkyl carbamates (subject to hydrolysis) is 1. The molecule has 3 rings (SSSR count). The topological polar surface area (TPSA) is 151 Å². The molecule has 2 fully saturated rings. The van der Waals surface area contributed by atoms with Crippen LogP contribution in [-0.2, 0) is 15.9 Å². The van der Waals surface area contributed by atoms with Crippen molar-refractivity contribution in [3.8, 4) is 0 Å². The standard InChI is InChI=1S/C22H36N6O7/c1-21(2,3)34-18(29)23-10-12-26(20(31)35-22(4,5)6)11-9-16-24-25-17(33-16)15-8-7-14-13-27(15)19(30)28(14)32/h14-15,32H,7-13H2,1-6H3,(H,23,29)/t14-,15-/m0/s1. The molecule has 0 spiro atoms. The Morgan fingerprint density at radius 1 is 1.11 bits per heavy atom. The minimum absolute atomic E-state index is 0.168. The van der Waals surface area contributed by atoms with Crippen LogP contribution < -0.4 is 5.32 Å². The molecule has 0 aliphatic carbocycles. The summed E-state index contributed by atoms with van der Waals surface area (Å²) in [6.45, 7) is 11.6. The normalized spacial score (nSPS) is 20.1. The van der Waals surface area contributed by atoms with E-state index in [4.69, 9.17) is 13.9 Å². The number of hydrogen-bond donors (Lipinski definition) is 2. The average molecular weight is 497 g/mol. The number of amides is 4. The zero-order chi connectivity index (χ0) is 26.0. The summed E-state index contributed by atoms with van der Waals surface area (Å²) in [6, 6.07) is -1.07. The number of rotatable bonds is 7. The van der Waals surface area contributed by atoms with E-state index in [1.807, 2.05) is 0 Å². The zero-order valence-corrected chi connectivity index (χ0v) is 21.2. The number of aromatic nitrogens is 2. The van der Waals surface area contributed by atoms with Crippen molar-refractivity contribution in [2.75, 3.05) is 26.2 Å². The summed E-state index contributed by atoms with van der Waals surface area (Å²) in [6.07, 6.45) is 0.393. The van der Waals surface area contributed by atoms with Crippen molar-refractivity contribution in [3.05, 3.63) is 11.8 Å². The predicted octanol–water partition coefficient (Wildman–Crippen LogP) is 2.70. The van der Waals surface area contributed by atoms with Gasteiger partial charge in [-0.2, -0.15) is 0 Å². The number of nitrogens with zero attached hydrogens (tertiary/aromatic N) is 5. The van der Waals surface area contributed by atoms with Gasteiger partial charge in [0, 0.05) is 32.6 Å². The van der Waals surface area contributed by atoms with E-state index in [9.17, 15) is 19.6 Å². The Morgan fingerprint density at radius 3 is 2.46 bits per heavy atom. The Morgan fingerprint density at radius 2 is 1.80 bits per heavy atom. The number of hydroxylamine groups is 2. The first-order chi connectivity index (χ1) is 16.2. The number of nitrogens with one attached hydrogen (secondary N) is 1. The molecule has 1 aromatic rings. The van der Waals surface area contributed by atoms with Crippen LogP contribution >= 0.6 is 0 Å². The molecule has 1 aromatic heterocycles. The first kappa shape index (κ1) is 26.5. The van der Waals surface area contributed by atoms with Gasteiger partial charge in [-0.3, -0.25) is 5.21 Å². The van der Waals surface area contributed by atoms with Gasteiger partial charge < -0.3 is 29.0 Å². The fourth-order valence-electron chi connectivity index (χ4n) is 3.87. The molecular weight excluding hydrogens is 460 g/mol. The monoisotopic (exact) mass is 496 g/mol. The third-order valence-electron chi connectivity index (χ3n) is 5.41. The van der Waals surface area contributed by atoms with Gasteiger partial charge in [0.05, 0.1) is 6.04 Å². The molecule has 0 radical (unpaired) electrons. The van der Waals surface area contributed by atoms with Gasteiger partial charge in [-0.1, -0.05) is 0 Å². The largest absolute Gasteiger partial charge is 0.444 e. The van der Waals surface area contributed by atoms with Crippen molar-refractivity contribution in [2.45, 2.75) is 84.1 Å². The van der Waals surface area contributed by atoms with Crippen LogP contribution in [0.4, 0.5) is 14.4 Å². The van der Waals surface area contributed by atoms with Crippen molar-refractivity contribution < 1.29 is 33.5 Å². The molecule has 2 aliphatic rings. The van der Waals surface area contributed by atoms with E-state index in [-0.39, 0.29) is 32.1 Å². The lowest BCUT2D eigenvalue weighted by atomic mass is 10.0. The predicted molar refractivity (Wildman–Crippen MR) is 122 cm³/mol. The number of carbonyl (C=O) groups excluding carboxylic acids is 3. The summed E-state index contributed by atoms with van der Waals surface area (Å²) >= 11 is 0. The average Bonchev–Trinajstić information content (AvgIpc) is 3.28. The maximum absolute atomic E-state index is 12.7. The number of hydrogen-bond acceptors (Lipinski definition) is 9. The molecule has 13 nitrogen and oxygen atoms in total. The third kappa shape index (κ3) is 7.20. The van der Waals surface area contributed by atoms with E-state index in [1.165, 1.54) is 9.80 Å². The lowest BCUT2D eigenvalue weighted by molar-refractivity contribution is -0.0584. The highest BCUT2D eigenvalue weighted by molar-refractivity contribution is 5.76. The number of piperidine rings is 1. The van der Waals surface area contributed by atoms with Crippen LogP contribution in [0.2, 0.25) is 0 Å². The first-order valence-corrected chi connectivity index (χ1v) is 11.8. The highest BCUT2D eigenvalue weighted by Gasteiger charge is 2.46. The molecule has 35 heavy (non-hydrogen) atoms. The van der Waals surface area contributed by atoms with Crippen LogP contribution in [0.15, 0.2) is 4.42 Å². The second-order valence-corrected chi connectivity index (χ2v) is 10.7. The van der Waals surface area contributed by atoms with Gasteiger partial charge >= 0.3 is 18.2 Å². The second-order valence-electron chi connectivity index (χ2n) is 10.7. The van der Waals surface area contributed by atoms with E-state index >= 15 is 0 Å². The van der Waals surface area contributed by atoms with Crippen LogP contribution in [0.1, 0.15) is 72.2 Å². The Labute approximate surface area is 204 Å². The van der Waals surface area contributed by atoms with Crippen molar-refractivity contribution >= 4 is 18.2 Å². The van der Waals surface area contributed by atoms with E-state index in [0.717, 1.165) is 5.06 Å². The molecule has 13 heteroatoms. The summed E-state index contributed by atoms with van der Waals surface area (Å²) in [4.78, 5) is 39.8. The molecule has 0 aromatic carbocycles. The molecule has 2 atom stereocenters. The summed E-state index contributed by atoms with van der Waals surface area (Å²) in [5.74, 6) is 0.612. The molecule has 2 N–H and O–H groups in total. The SMILES string of the molecule is CC(C)(C)OC(=O)NCCN(CCc1nnc([C@@H]2CC[C@H]3CN2C(=O)N3O)o1)C(=O)OC(C)(C)C. The van der Waals surface area contributed by atoms with Gasteiger partial charge in [0.2, 0.25) is 11.8 Å². The van der Waals surface area contributed by atoms with Gasteiger partial charge in [0.25, 0.3) is 0 Å². The van der Waals surface area contributed by atoms with Crippen molar-refractivity contribution in [3.63, 3.8) is 0 Å². The Hall–Kier alpha value is -3.09. The van der Waals surface area contributed by atoms with E-state index < -0.39 is 35.5 Å². The van der Waals surface area contributed by atoms with Crippen LogP contribution in [0, 0.1) is 0 Å². The molecular formula is C22H36N6O7. The fourth-order valence-corrected chi connectivity index (χ4v) is 3.87. The summed E-state index contributed by atoms with van der Waals surface area (Å²) in [5.41, 5.74) is -1.31. The number of urea groups is 1. The van der Waals surface area contributed by atoms with Crippen LogP contribution in [-0.4, -0.2) is 91.9 Å². The number of carbonyl (C=O) groups is 3. The minimum atomic E-state index is -0.687. The number of ether oxygens (including phenoxy) is 2. The number of fused-ring (bicyclic) bond motifs is 2. The second kappa shape index (κ2) is 10.3. The van der Waals surface area contributed by atoms with Gasteiger partial charge in [0.15, 0.2) is 0 Å². The Bertz CT molecular complexity index is 922. The van der Waals surface area contributed by atoms with E-state index in [2.05, 4.69) is 15.5 Å². The van der Waals surface area contributed by atoms with Crippen LogP contribution in [0.5, 0.6) is 0 Å². The van der Waals surface area contributed by atoms with Crippen LogP contribution in [0.3, 0.4) is 0 Å². The summed E-state index contributed by atoms with van der Waals surface area (Å²) in [7, 11) is 0. The lowest BCUT2D eigenvalue weighted by Crippen LogP contribution is -2.43. The molecule has 3 heterocycles. The maximum Gasteiger partial charge on any atom is 0.410 e. The molecule has 196 valence electrons. The van der Waals surface area contributed by atoms with Crippen molar-refractivity contribution in [1.29, 1.82) is 0 Å². The quantitative estimate of drug-likeness (QED) is 0.543. The summed E-state index contributed by atoms with van der Waals surface area (Å²) in [5, 5.41) is 21.4. The third-order valence-corrected chi connectivity index (χ3v) is 5.41. The smallest absolute Gasteiger partial charge is 0.410 e. The molecule has 2 saturated heterocycles. The van der Waals surface area contributed by atoms with Crippen LogP contribution in [0.25, 0.3) is 0 Å². The lowest BCUT2D eigenvalue weighted by Gasteiger charge is -2.27. The van der Waals surface area contributed by atoms with Gasteiger partial charge in [0.1, 0.15) is 17.2 Å². The molecule has 0 unspecified atom stereocenters. The molecule has 2 bridgehead atoms. The van der Waals surface area contributed by atoms with Crippen molar-refractivity contribution in [1.82, 2.24) is 30.4 Å².